The molecule has 0 aliphatic heterocycles. The molecule has 2 amide bonds. The number of amides is 2. The van der Waals surface area contributed by atoms with E-state index in [-0.39, 0.29) is 6.03 Å². The molecular weight excluding hydrogens is 488 g/mol. The number of anilines is 2. The van der Waals surface area contributed by atoms with Crippen LogP contribution in [-0.4, -0.2) is 6.03 Å². The minimum atomic E-state index is -0.190. The third-order valence-electron chi connectivity index (χ3n) is 8.06. The summed E-state index contributed by atoms with van der Waals surface area (Å²) >= 11 is 0. The molecule has 2 aromatic rings. The second kappa shape index (κ2) is 23.4. The normalized spacial score (nSPS) is 11.1. The first kappa shape index (κ1) is 33.9. The van der Waals surface area contributed by atoms with E-state index < -0.39 is 0 Å². The standard InChI is InChI=1S/C37H60N2O/c1-3-5-7-9-11-13-15-17-19-21-23-33-25-29-35(30-26-33)38-37(40)39-36-31-27-34(28-32-36)24-22-20-18-16-14-12-10-8-6-4-2/h25-32H,3-24H2,1-2H3,(H2,38,39,40). The van der Waals surface area contributed by atoms with E-state index >= 15 is 0 Å². The second-order valence-corrected chi connectivity index (χ2v) is 11.8. The van der Waals surface area contributed by atoms with Crippen LogP contribution in [-0.2, 0) is 12.8 Å². The van der Waals surface area contributed by atoms with Crippen LogP contribution in [0.3, 0.4) is 0 Å². The SMILES string of the molecule is CCCCCCCCCCCCc1ccc(NC(=O)Nc2ccc(CCCCCCCCCCCC)cc2)cc1. The van der Waals surface area contributed by atoms with E-state index in [0.29, 0.717) is 0 Å². The van der Waals surface area contributed by atoms with Crippen LogP contribution >= 0.6 is 0 Å². The van der Waals surface area contributed by atoms with Crippen molar-refractivity contribution in [2.24, 2.45) is 0 Å². The van der Waals surface area contributed by atoms with Crippen LogP contribution in [0.1, 0.15) is 153 Å². The number of aryl methyl sites for hydroxylation is 2. The monoisotopic (exact) mass is 548 g/mol. The van der Waals surface area contributed by atoms with Crippen molar-refractivity contribution in [2.75, 3.05) is 10.6 Å². The van der Waals surface area contributed by atoms with Crippen LogP contribution in [0.25, 0.3) is 0 Å². The summed E-state index contributed by atoms with van der Waals surface area (Å²) in [4.78, 5) is 12.5. The molecular formula is C37H60N2O. The minimum absolute atomic E-state index is 0.190. The average molecular weight is 549 g/mol. The summed E-state index contributed by atoms with van der Waals surface area (Å²) < 4.78 is 0. The van der Waals surface area contributed by atoms with Crippen LogP contribution in [0.5, 0.6) is 0 Å². The van der Waals surface area contributed by atoms with Gasteiger partial charge in [-0.3, -0.25) is 0 Å². The number of rotatable bonds is 24. The Morgan fingerprint density at radius 3 is 1.00 bits per heavy atom. The highest BCUT2D eigenvalue weighted by molar-refractivity contribution is 5.99. The van der Waals surface area contributed by atoms with Crippen molar-refractivity contribution in [3.8, 4) is 0 Å². The van der Waals surface area contributed by atoms with E-state index in [1.54, 1.807) is 0 Å². The highest BCUT2D eigenvalue weighted by atomic mass is 16.2. The summed E-state index contributed by atoms with van der Waals surface area (Å²) in [5.41, 5.74) is 4.37. The molecule has 0 heterocycles. The zero-order valence-corrected chi connectivity index (χ0v) is 26.1. The van der Waals surface area contributed by atoms with Crippen molar-refractivity contribution in [1.82, 2.24) is 0 Å². The zero-order valence-electron chi connectivity index (χ0n) is 26.1. The fourth-order valence-corrected chi connectivity index (χ4v) is 5.44. The summed E-state index contributed by atoms with van der Waals surface area (Å²) in [6.07, 6.45) is 29.6. The Morgan fingerprint density at radius 1 is 0.425 bits per heavy atom. The van der Waals surface area contributed by atoms with Gasteiger partial charge in [0.05, 0.1) is 0 Å². The van der Waals surface area contributed by atoms with E-state index in [4.69, 9.17) is 0 Å². The zero-order chi connectivity index (χ0) is 28.5. The fraction of sp³-hybridized carbons (Fsp3) is 0.649. The van der Waals surface area contributed by atoms with Crippen LogP contribution < -0.4 is 10.6 Å². The summed E-state index contributed by atoms with van der Waals surface area (Å²) in [6.45, 7) is 4.56. The molecule has 0 aliphatic carbocycles. The Morgan fingerprint density at radius 2 is 0.700 bits per heavy atom. The number of benzene rings is 2. The number of nitrogens with one attached hydrogen (secondary N) is 2. The van der Waals surface area contributed by atoms with Crippen LogP contribution in [0.2, 0.25) is 0 Å². The number of urea groups is 1. The van der Waals surface area contributed by atoms with Gasteiger partial charge < -0.3 is 10.6 Å². The molecule has 0 bridgehead atoms. The Hall–Kier alpha value is -2.29. The van der Waals surface area contributed by atoms with Crippen molar-refractivity contribution in [3.05, 3.63) is 59.7 Å². The Kier molecular flexibility index (Phi) is 19.9. The number of hydrogen-bond donors (Lipinski definition) is 2. The lowest BCUT2D eigenvalue weighted by atomic mass is 10.0. The molecule has 224 valence electrons. The minimum Gasteiger partial charge on any atom is -0.308 e. The molecule has 2 rings (SSSR count). The van der Waals surface area contributed by atoms with Crippen LogP contribution in [0.15, 0.2) is 48.5 Å². The van der Waals surface area contributed by atoms with E-state index in [1.165, 1.54) is 140 Å². The smallest absolute Gasteiger partial charge is 0.308 e. The third-order valence-corrected chi connectivity index (χ3v) is 8.06. The lowest BCUT2D eigenvalue weighted by Gasteiger charge is -2.09. The van der Waals surface area contributed by atoms with Crippen molar-refractivity contribution >= 4 is 17.4 Å². The topological polar surface area (TPSA) is 41.1 Å². The Bertz CT molecular complexity index is 787. The van der Waals surface area contributed by atoms with Gasteiger partial charge in [-0.1, -0.05) is 154 Å². The maximum absolute atomic E-state index is 12.5. The van der Waals surface area contributed by atoms with Crippen molar-refractivity contribution < 1.29 is 4.79 Å². The van der Waals surface area contributed by atoms with Crippen LogP contribution in [0.4, 0.5) is 16.2 Å². The molecule has 3 heteroatoms. The largest absolute Gasteiger partial charge is 0.323 e. The van der Waals surface area contributed by atoms with Gasteiger partial charge >= 0.3 is 6.03 Å². The van der Waals surface area contributed by atoms with Gasteiger partial charge in [-0.15, -0.1) is 0 Å². The maximum atomic E-state index is 12.5. The van der Waals surface area contributed by atoms with Crippen molar-refractivity contribution in [3.63, 3.8) is 0 Å². The first-order chi connectivity index (χ1) is 19.7. The van der Waals surface area contributed by atoms with Gasteiger partial charge in [0, 0.05) is 11.4 Å². The number of carbonyl (C=O) groups is 1. The van der Waals surface area contributed by atoms with Crippen molar-refractivity contribution in [1.29, 1.82) is 0 Å². The molecule has 0 unspecified atom stereocenters. The summed E-state index contributed by atoms with van der Waals surface area (Å²) in [5, 5.41) is 5.93. The van der Waals surface area contributed by atoms with E-state index in [9.17, 15) is 4.79 Å². The van der Waals surface area contributed by atoms with Gasteiger partial charge in [-0.25, -0.2) is 4.79 Å². The van der Waals surface area contributed by atoms with E-state index in [2.05, 4.69) is 48.7 Å². The quantitative estimate of drug-likeness (QED) is 0.126. The van der Waals surface area contributed by atoms with Gasteiger partial charge in [0.2, 0.25) is 0 Å². The number of unbranched alkanes of at least 4 members (excludes halogenated alkanes) is 18. The van der Waals surface area contributed by atoms with Gasteiger partial charge in [0.1, 0.15) is 0 Å². The third kappa shape index (κ3) is 17.4. The van der Waals surface area contributed by atoms with Gasteiger partial charge in [0.15, 0.2) is 0 Å². The van der Waals surface area contributed by atoms with E-state index in [0.717, 1.165) is 24.2 Å². The number of hydrogen-bond acceptors (Lipinski definition) is 1. The summed E-state index contributed by atoms with van der Waals surface area (Å²) in [7, 11) is 0. The Balaban J connectivity index is 1.52. The first-order valence-electron chi connectivity index (χ1n) is 17.0. The molecule has 0 aromatic heterocycles. The molecule has 2 aromatic carbocycles. The lowest BCUT2D eigenvalue weighted by Crippen LogP contribution is -2.19. The van der Waals surface area contributed by atoms with Crippen LogP contribution in [0, 0.1) is 0 Å². The predicted molar refractivity (Wildman–Crippen MR) is 177 cm³/mol. The van der Waals surface area contributed by atoms with E-state index in [1.807, 2.05) is 24.3 Å². The molecule has 40 heavy (non-hydrogen) atoms. The molecule has 0 saturated carbocycles. The fourth-order valence-electron chi connectivity index (χ4n) is 5.44. The Labute approximate surface area is 247 Å². The first-order valence-corrected chi connectivity index (χ1v) is 17.0. The van der Waals surface area contributed by atoms with Gasteiger partial charge in [0.25, 0.3) is 0 Å². The predicted octanol–water partition coefficient (Wildman–Crippen LogP) is 12.3. The summed E-state index contributed by atoms with van der Waals surface area (Å²) in [5.74, 6) is 0. The average Bonchev–Trinajstić information content (AvgIpc) is 2.96. The van der Waals surface area contributed by atoms with Gasteiger partial charge in [-0.2, -0.15) is 0 Å². The number of carbonyl (C=O) groups excluding carboxylic acids is 1. The molecule has 0 saturated heterocycles. The second-order valence-electron chi connectivity index (χ2n) is 11.8. The summed E-state index contributed by atoms with van der Waals surface area (Å²) in [6, 6.07) is 16.4. The highest BCUT2D eigenvalue weighted by Crippen LogP contribution is 2.17. The maximum Gasteiger partial charge on any atom is 0.323 e. The highest BCUT2D eigenvalue weighted by Gasteiger charge is 2.04. The molecule has 3 nitrogen and oxygen atoms in total. The molecule has 0 spiro atoms. The molecule has 2 N–H and O–H groups in total. The van der Waals surface area contributed by atoms with Crippen molar-refractivity contribution in [2.45, 2.75) is 155 Å². The molecule has 0 radical (unpaired) electrons. The lowest BCUT2D eigenvalue weighted by molar-refractivity contribution is 0.262. The molecule has 0 atom stereocenters. The molecule has 0 aliphatic rings. The van der Waals surface area contributed by atoms with Gasteiger partial charge in [-0.05, 0) is 61.1 Å². The molecule has 0 fully saturated rings.